The van der Waals surface area contributed by atoms with Crippen LogP contribution < -0.4 is 0 Å². The van der Waals surface area contributed by atoms with Crippen molar-refractivity contribution in [2.75, 3.05) is 0 Å². The first-order valence-corrected chi connectivity index (χ1v) is 5.14. The third-order valence-electron chi connectivity index (χ3n) is 2.02. The van der Waals surface area contributed by atoms with Crippen molar-refractivity contribution in [3.63, 3.8) is 0 Å². The minimum absolute atomic E-state index is 0.621. The smallest absolute Gasteiger partial charge is 0.154 e. The molecule has 0 aromatic carbocycles. The van der Waals surface area contributed by atoms with E-state index in [0.717, 1.165) is 5.01 Å². The number of aryl methyl sites for hydroxylation is 2. The molecule has 0 aliphatic heterocycles. The van der Waals surface area contributed by atoms with Crippen LogP contribution in [0.4, 0.5) is 0 Å². The van der Waals surface area contributed by atoms with Gasteiger partial charge in [0.25, 0.3) is 0 Å². The monoisotopic (exact) mass is 209 g/mol. The Morgan fingerprint density at radius 2 is 2.36 bits per heavy atom. The Bertz CT molecular complexity index is 435. The largest absolute Gasteiger partial charge is 0.379 e. The van der Waals surface area contributed by atoms with Crippen molar-refractivity contribution in [2.45, 2.75) is 13.0 Å². The number of hydrogen-bond donors (Lipinski definition) is 1. The molecule has 0 saturated carbocycles. The van der Waals surface area contributed by atoms with Gasteiger partial charge in [0.05, 0.1) is 10.7 Å². The standard InChI is InChI=1S/C9H11N3OS/c1-6-11-7(5-14-6)8(13)9-10-3-4-12(9)2/h3-5,8,13H,1-2H3. The molecule has 74 valence electrons. The molecule has 2 heterocycles. The fourth-order valence-corrected chi connectivity index (χ4v) is 1.91. The van der Waals surface area contributed by atoms with E-state index in [4.69, 9.17) is 0 Å². The van der Waals surface area contributed by atoms with Crippen LogP contribution in [0.3, 0.4) is 0 Å². The highest BCUT2D eigenvalue weighted by Gasteiger charge is 2.16. The maximum Gasteiger partial charge on any atom is 0.154 e. The lowest BCUT2D eigenvalue weighted by Crippen LogP contribution is -2.07. The molecule has 5 heteroatoms. The lowest BCUT2D eigenvalue weighted by molar-refractivity contribution is 0.202. The van der Waals surface area contributed by atoms with Gasteiger partial charge in [-0.2, -0.15) is 0 Å². The summed E-state index contributed by atoms with van der Waals surface area (Å²) in [5, 5.41) is 12.7. The van der Waals surface area contributed by atoms with E-state index in [1.54, 1.807) is 17.0 Å². The Labute approximate surface area is 85.9 Å². The summed E-state index contributed by atoms with van der Waals surface area (Å²) in [6.45, 7) is 1.92. The van der Waals surface area contributed by atoms with E-state index in [0.29, 0.717) is 11.5 Å². The van der Waals surface area contributed by atoms with E-state index < -0.39 is 6.10 Å². The second kappa shape index (κ2) is 3.51. The predicted octanol–water partition coefficient (Wildman–Crippen LogP) is 1.27. The van der Waals surface area contributed by atoms with Crippen LogP contribution in [0, 0.1) is 6.92 Å². The molecule has 0 spiro atoms. The Hall–Kier alpha value is -1.20. The molecule has 1 atom stereocenters. The zero-order chi connectivity index (χ0) is 10.1. The third kappa shape index (κ3) is 1.56. The minimum atomic E-state index is -0.722. The Morgan fingerprint density at radius 3 is 2.86 bits per heavy atom. The van der Waals surface area contributed by atoms with E-state index in [-0.39, 0.29) is 0 Å². The molecule has 4 nitrogen and oxygen atoms in total. The second-order valence-corrected chi connectivity index (χ2v) is 4.15. The molecule has 2 rings (SSSR count). The number of thiazole rings is 1. The molecule has 1 N–H and O–H groups in total. The third-order valence-corrected chi connectivity index (χ3v) is 2.81. The molecule has 2 aromatic heterocycles. The molecular weight excluding hydrogens is 198 g/mol. The normalized spacial score (nSPS) is 13.1. The maximum atomic E-state index is 9.94. The highest BCUT2D eigenvalue weighted by Crippen LogP contribution is 2.21. The van der Waals surface area contributed by atoms with Crippen LogP contribution in [0.25, 0.3) is 0 Å². The molecular formula is C9H11N3OS. The molecule has 0 aliphatic rings. The molecule has 0 radical (unpaired) electrons. The summed E-state index contributed by atoms with van der Waals surface area (Å²) in [4.78, 5) is 8.30. The molecule has 14 heavy (non-hydrogen) atoms. The quantitative estimate of drug-likeness (QED) is 0.810. The number of nitrogens with zero attached hydrogens (tertiary/aromatic N) is 3. The number of aliphatic hydroxyl groups excluding tert-OH is 1. The number of imidazole rings is 1. The van der Waals surface area contributed by atoms with Gasteiger partial charge in [-0.05, 0) is 6.92 Å². The summed E-state index contributed by atoms with van der Waals surface area (Å²) in [6.07, 6.45) is 2.75. The number of hydrogen-bond acceptors (Lipinski definition) is 4. The number of aliphatic hydroxyl groups is 1. The van der Waals surface area contributed by atoms with Gasteiger partial charge in [0.2, 0.25) is 0 Å². The maximum absolute atomic E-state index is 9.94. The van der Waals surface area contributed by atoms with Crippen molar-refractivity contribution in [3.8, 4) is 0 Å². The molecule has 0 bridgehead atoms. The number of rotatable bonds is 2. The lowest BCUT2D eigenvalue weighted by Gasteiger charge is -2.06. The van der Waals surface area contributed by atoms with Gasteiger partial charge in [-0.3, -0.25) is 0 Å². The van der Waals surface area contributed by atoms with Crippen LogP contribution in [0.1, 0.15) is 22.6 Å². The van der Waals surface area contributed by atoms with Crippen molar-refractivity contribution in [3.05, 3.63) is 34.3 Å². The van der Waals surface area contributed by atoms with Gasteiger partial charge in [0, 0.05) is 24.8 Å². The average molecular weight is 209 g/mol. The topological polar surface area (TPSA) is 50.9 Å². The van der Waals surface area contributed by atoms with Crippen molar-refractivity contribution >= 4 is 11.3 Å². The summed E-state index contributed by atoms with van der Waals surface area (Å²) in [5.41, 5.74) is 0.668. The van der Waals surface area contributed by atoms with Crippen molar-refractivity contribution < 1.29 is 5.11 Å². The highest BCUT2D eigenvalue weighted by molar-refractivity contribution is 7.09. The summed E-state index contributed by atoms with van der Waals surface area (Å²) in [6, 6.07) is 0. The summed E-state index contributed by atoms with van der Waals surface area (Å²) in [5.74, 6) is 0.621. The zero-order valence-electron chi connectivity index (χ0n) is 8.01. The SMILES string of the molecule is Cc1nc(C(O)c2nccn2C)cs1. The van der Waals surface area contributed by atoms with E-state index in [2.05, 4.69) is 9.97 Å². The van der Waals surface area contributed by atoms with E-state index in [9.17, 15) is 5.11 Å². The summed E-state index contributed by atoms with van der Waals surface area (Å²) < 4.78 is 1.79. The fourth-order valence-electron chi connectivity index (χ4n) is 1.28. The minimum Gasteiger partial charge on any atom is -0.379 e. The average Bonchev–Trinajstić information content (AvgIpc) is 2.73. The lowest BCUT2D eigenvalue weighted by atomic mass is 10.2. The Morgan fingerprint density at radius 1 is 1.57 bits per heavy atom. The van der Waals surface area contributed by atoms with E-state index in [1.165, 1.54) is 11.3 Å². The summed E-state index contributed by atoms with van der Waals surface area (Å²) in [7, 11) is 1.85. The van der Waals surface area contributed by atoms with Crippen molar-refractivity contribution in [1.29, 1.82) is 0 Å². The van der Waals surface area contributed by atoms with Crippen molar-refractivity contribution in [2.24, 2.45) is 7.05 Å². The van der Waals surface area contributed by atoms with E-state index >= 15 is 0 Å². The first-order chi connectivity index (χ1) is 6.68. The summed E-state index contributed by atoms with van der Waals surface area (Å²) >= 11 is 1.53. The van der Waals surface area contributed by atoms with Gasteiger partial charge in [-0.15, -0.1) is 11.3 Å². The zero-order valence-corrected chi connectivity index (χ0v) is 8.82. The van der Waals surface area contributed by atoms with Gasteiger partial charge in [0.1, 0.15) is 5.82 Å². The molecule has 0 saturated heterocycles. The van der Waals surface area contributed by atoms with Gasteiger partial charge in [0.15, 0.2) is 6.10 Å². The van der Waals surface area contributed by atoms with Crippen molar-refractivity contribution in [1.82, 2.24) is 14.5 Å². The number of aromatic nitrogens is 3. The second-order valence-electron chi connectivity index (χ2n) is 3.09. The van der Waals surface area contributed by atoms with Crippen LogP contribution in [-0.2, 0) is 7.05 Å². The molecule has 2 aromatic rings. The van der Waals surface area contributed by atoms with Crippen LogP contribution in [0.5, 0.6) is 0 Å². The van der Waals surface area contributed by atoms with Gasteiger partial charge < -0.3 is 9.67 Å². The molecule has 0 amide bonds. The van der Waals surface area contributed by atoms with Crippen LogP contribution in [0.15, 0.2) is 17.8 Å². The first kappa shape index (κ1) is 9.36. The Balaban J connectivity index is 2.33. The van der Waals surface area contributed by atoms with Crippen LogP contribution >= 0.6 is 11.3 Å². The van der Waals surface area contributed by atoms with Crippen LogP contribution in [-0.4, -0.2) is 19.6 Å². The van der Waals surface area contributed by atoms with E-state index in [1.807, 2.05) is 19.4 Å². The molecule has 0 aliphatic carbocycles. The molecule has 1 unspecified atom stereocenters. The van der Waals surface area contributed by atoms with Crippen LogP contribution in [0.2, 0.25) is 0 Å². The van der Waals surface area contributed by atoms with Gasteiger partial charge in [-0.1, -0.05) is 0 Å². The fraction of sp³-hybridized carbons (Fsp3) is 0.333. The Kier molecular flexibility index (Phi) is 2.35. The van der Waals surface area contributed by atoms with Gasteiger partial charge in [-0.25, -0.2) is 9.97 Å². The predicted molar refractivity (Wildman–Crippen MR) is 54.1 cm³/mol. The first-order valence-electron chi connectivity index (χ1n) is 4.26. The highest BCUT2D eigenvalue weighted by atomic mass is 32.1. The molecule has 0 fully saturated rings. The van der Waals surface area contributed by atoms with Gasteiger partial charge >= 0.3 is 0 Å².